The van der Waals surface area contributed by atoms with Gasteiger partial charge in [-0.25, -0.2) is 9.97 Å². The molecule has 0 radical (unpaired) electrons. The van der Waals surface area contributed by atoms with Crippen molar-refractivity contribution in [2.45, 2.75) is 27.0 Å². The molecule has 0 bridgehead atoms. The average molecular weight is 358 g/mol. The monoisotopic (exact) mass is 358 g/mol. The van der Waals surface area contributed by atoms with E-state index in [9.17, 15) is 5.11 Å². The number of imidazole rings is 1. The lowest BCUT2D eigenvalue weighted by Crippen LogP contribution is -2.06. The molecule has 3 N–H and O–H groups in total. The van der Waals surface area contributed by atoms with Crippen molar-refractivity contribution in [3.63, 3.8) is 0 Å². The smallest absolute Gasteiger partial charge is 0.136 e. The predicted octanol–water partition coefficient (Wildman–Crippen LogP) is 3.84. The fraction of sp³-hybridized carbons (Fsp3) is 0.182. The van der Waals surface area contributed by atoms with E-state index in [2.05, 4.69) is 52.6 Å². The van der Waals surface area contributed by atoms with Crippen LogP contribution >= 0.6 is 0 Å². The number of rotatable bonds is 4. The van der Waals surface area contributed by atoms with Gasteiger partial charge in [-0.3, -0.25) is 0 Å². The van der Waals surface area contributed by atoms with Crippen molar-refractivity contribution in [1.29, 1.82) is 0 Å². The number of aromatic nitrogens is 3. The van der Waals surface area contributed by atoms with Gasteiger partial charge in [0.15, 0.2) is 0 Å². The zero-order valence-corrected chi connectivity index (χ0v) is 15.5. The molecule has 2 aromatic carbocycles. The summed E-state index contributed by atoms with van der Waals surface area (Å²) in [6.07, 6.45) is 1.77. The minimum absolute atomic E-state index is 0.0989. The molecule has 0 amide bonds. The summed E-state index contributed by atoms with van der Waals surface area (Å²) in [4.78, 5) is 8.79. The van der Waals surface area contributed by atoms with Crippen LogP contribution in [-0.4, -0.2) is 19.6 Å². The van der Waals surface area contributed by atoms with Crippen LogP contribution in [0.5, 0.6) is 0 Å². The predicted molar refractivity (Wildman–Crippen MR) is 108 cm³/mol. The third-order valence-electron chi connectivity index (χ3n) is 4.92. The molecule has 4 rings (SSSR count). The molecule has 5 heteroatoms. The molecule has 0 aliphatic heterocycles. The first-order chi connectivity index (χ1) is 13.0. The van der Waals surface area contributed by atoms with E-state index in [0.717, 1.165) is 22.2 Å². The molecule has 2 aromatic heterocycles. The fourth-order valence-electron chi connectivity index (χ4n) is 3.37. The number of nitrogens with two attached hydrogens (primary N) is 1. The van der Waals surface area contributed by atoms with Gasteiger partial charge in [0.1, 0.15) is 18.2 Å². The molecule has 0 fully saturated rings. The summed E-state index contributed by atoms with van der Waals surface area (Å²) < 4.78 is 2.09. The third-order valence-corrected chi connectivity index (χ3v) is 4.92. The van der Waals surface area contributed by atoms with Gasteiger partial charge in [0.2, 0.25) is 0 Å². The van der Waals surface area contributed by atoms with Crippen molar-refractivity contribution in [2.75, 3.05) is 5.73 Å². The number of aliphatic hydroxyl groups is 1. The lowest BCUT2D eigenvalue weighted by molar-refractivity contribution is 0.267. The van der Waals surface area contributed by atoms with Crippen LogP contribution in [0.3, 0.4) is 0 Å². The molecule has 0 aliphatic rings. The van der Waals surface area contributed by atoms with Gasteiger partial charge >= 0.3 is 0 Å². The Labute approximate surface area is 158 Å². The minimum atomic E-state index is -0.0989. The molecule has 4 aromatic rings. The van der Waals surface area contributed by atoms with Crippen LogP contribution in [0.25, 0.3) is 22.2 Å². The first kappa shape index (κ1) is 17.2. The van der Waals surface area contributed by atoms with Crippen molar-refractivity contribution in [2.24, 2.45) is 0 Å². The van der Waals surface area contributed by atoms with E-state index in [4.69, 9.17) is 5.73 Å². The highest BCUT2D eigenvalue weighted by Crippen LogP contribution is 2.26. The molecule has 27 heavy (non-hydrogen) atoms. The first-order valence-corrected chi connectivity index (χ1v) is 8.93. The number of nitrogens with zero attached hydrogens (tertiary/aromatic N) is 3. The zero-order valence-electron chi connectivity index (χ0n) is 15.5. The van der Waals surface area contributed by atoms with E-state index in [-0.39, 0.29) is 6.61 Å². The Morgan fingerprint density at radius 2 is 1.81 bits per heavy atom. The van der Waals surface area contributed by atoms with Crippen LogP contribution in [0.2, 0.25) is 0 Å². The number of aryl methyl sites for hydroxylation is 2. The van der Waals surface area contributed by atoms with Crippen molar-refractivity contribution in [3.8, 4) is 11.1 Å². The SMILES string of the molecule is Cc1ccc(C)c(Cn2c(CO)nc3ccc(-c4ccc(N)nc4)cc32)c1. The Morgan fingerprint density at radius 1 is 1.00 bits per heavy atom. The summed E-state index contributed by atoms with van der Waals surface area (Å²) in [6, 6.07) is 16.3. The molecule has 0 saturated heterocycles. The van der Waals surface area contributed by atoms with Gasteiger partial charge in [0.25, 0.3) is 0 Å². The van der Waals surface area contributed by atoms with Crippen LogP contribution in [0, 0.1) is 13.8 Å². The molecular formula is C22H22N4O. The first-order valence-electron chi connectivity index (χ1n) is 8.93. The number of pyridine rings is 1. The number of benzene rings is 2. The highest BCUT2D eigenvalue weighted by molar-refractivity contribution is 5.82. The molecule has 136 valence electrons. The van der Waals surface area contributed by atoms with Gasteiger partial charge in [-0.2, -0.15) is 0 Å². The van der Waals surface area contributed by atoms with E-state index in [0.29, 0.717) is 18.2 Å². The highest BCUT2D eigenvalue weighted by Gasteiger charge is 2.13. The van der Waals surface area contributed by atoms with Gasteiger partial charge in [0, 0.05) is 18.3 Å². The van der Waals surface area contributed by atoms with Crippen LogP contribution in [0.4, 0.5) is 5.82 Å². The van der Waals surface area contributed by atoms with Gasteiger partial charge in [-0.15, -0.1) is 0 Å². The Morgan fingerprint density at radius 3 is 2.56 bits per heavy atom. The van der Waals surface area contributed by atoms with Crippen molar-refractivity contribution < 1.29 is 5.11 Å². The van der Waals surface area contributed by atoms with E-state index in [1.54, 1.807) is 12.3 Å². The molecule has 0 unspecified atom stereocenters. The number of hydrogen-bond acceptors (Lipinski definition) is 4. The molecule has 0 saturated carbocycles. The average Bonchev–Trinajstić information content (AvgIpc) is 3.02. The van der Waals surface area contributed by atoms with E-state index in [1.165, 1.54) is 16.7 Å². The maximum absolute atomic E-state index is 9.83. The van der Waals surface area contributed by atoms with Gasteiger partial charge < -0.3 is 15.4 Å². The maximum atomic E-state index is 9.83. The molecule has 2 heterocycles. The zero-order chi connectivity index (χ0) is 19.0. The highest BCUT2D eigenvalue weighted by atomic mass is 16.3. The van der Waals surface area contributed by atoms with Gasteiger partial charge in [0.05, 0.1) is 11.0 Å². The van der Waals surface area contributed by atoms with Crippen LogP contribution in [0.1, 0.15) is 22.5 Å². The molecule has 0 spiro atoms. The third kappa shape index (κ3) is 3.29. The van der Waals surface area contributed by atoms with E-state index >= 15 is 0 Å². The summed E-state index contributed by atoms with van der Waals surface area (Å²) in [6.45, 7) is 4.77. The second-order valence-electron chi connectivity index (χ2n) is 6.88. The van der Waals surface area contributed by atoms with E-state index in [1.807, 2.05) is 18.2 Å². The van der Waals surface area contributed by atoms with E-state index < -0.39 is 0 Å². The topological polar surface area (TPSA) is 77.0 Å². The second-order valence-corrected chi connectivity index (χ2v) is 6.88. The number of anilines is 1. The summed E-state index contributed by atoms with van der Waals surface area (Å²) in [5.41, 5.74) is 13.3. The van der Waals surface area contributed by atoms with Crippen molar-refractivity contribution >= 4 is 16.9 Å². The lowest BCUT2D eigenvalue weighted by Gasteiger charge is -2.12. The van der Waals surface area contributed by atoms with Crippen LogP contribution < -0.4 is 5.73 Å². The number of fused-ring (bicyclic) bond motifs is 1. The van der Waals surface area contributed by atoms with Crippen LogP contribution in [0.15, 0.2) is 54.7 Å². The Bertz CT molecular complexity index is 1110. The Balaban J connectivity index is 1.84. The summed E-state index contributed by atoms with van der Waals surface area (Å²) in [7, 11) is 0. The quantitative estimate of drug-likeness (QED) is 0.581. The standard InChI is InChI=1S/C22H22N4O/c1-14-3-4-15(2)18(9-14)12-26-20-10-16(17-6-8-21(23)24-11-17)5-7-19(20)25-22(26)13-27/h3-11,27H,12-13H2,1-2H3,(H2,23,24). The molecular weight excluding hydrogens is 336 g/mol. The lowest BCUT2D eigenvalue weighted by atomic mass is 10.0. The fourth-order valence-corrected chi connectivity index (χ4v) is 3.37. The summed E-state index contributed by atoms with van der Waals surface area (Å²) in [5, 5.41) is 9.83. The maximum Gasteiger partial charge on any atom is 0.136 e. The summed E-state index contributed by atoms with van der Waals surface area (Å²) in [5.74, 6) is 1.17. The van der Waals surface area contributed by atoms with Gasteiger partial charge in [-0.1, -0.05) is 29.8 Å². The van der Waals surface area contributed by atoms with Gasteiger partial charge in [-0.05, 0) is 54.8 Å². The van der Waals surface area contributed by atoms with Crippen LogP contribution in [-0.2, 0) is 13.2 Å². The number of nitrogen functional groups attached to an aromatic ring is 1. The molecule has 0 atom stereocenters. The Kier molecular flexibility index (Phi) is 4.38. The normalized spacial score (nSPS) is 11.2. The molecule has 0 aliphatic carbocycles. The minimum Gasteiger partial charge on any atom is -0.388 e. The largest absolute Gasteiger partial charge is 0.388 e. The Hall–Kier alpha value is -3.18. The number of aliphatic hydroxyl groups excluding tert-OH is 1. The summed E-state index contributed by atoms with van der Waals surface area (Å²) >= 11 is 0. The second kappa shape index (κ2) is 6.85. The van der Waals surface area contributed by atoms with Crippen molar-refractivity contribution in [1.82, 2.24) is 14.5 Å². The molecule has 5 nitrogen and oxygen atoms in total. The number of hydrogen-bond donors (Lipinski definition) is 2. The van der Waals surface area contributed by atoms with Crippen molar-refractivity contribution in [3.05, 3.63) is 77.2 Å².